The van der Waals surface area contributed by atoms with E-state index in [9.17, 15) is 9.59 Å². The minimum atomic E-state index is -0.112. The quantitative estimate of drug-likeness (QED) is 0.495. The van der Waals surface area contributed by atoms with Crippen molar-refractivity contribution >= 4 is 34.8 Å². The predicted octanol–water partition coefficient (Wildman–Crippen LogP) is 3.61. The van der Waals surface area contributed by atoms with Gasteiger partial charge < -0.3 is 16.0 Å². The average molecular weight is 350 g/mol. The number of benzene rings is 1. The average Bonchev–Trinajstić information content (AvgIpc) is 2.51. The lowest BCUT2D eigenvalue weighted by Crippen LogP contribution is -2.34. The highest BCUT2D eigenvalue weighted by molar-refractivity contribution is 7.80. The Balaban J connectivity index is 2.41. The van der Waals surface area contributed by atoms with Crippen molar-refractivity contribution < 1.29 is 9.59 Å². The van der Waals surface area contributed by atoms with Crippen LogP contribution in [0.2, 0.25) is 0 Å². The maximum Gasteiger partial charge on any atom is 0.251 e. The van der Waals surface area contributed by atoms with Crippen LogP contribution in [0.25, 0.3) is 0 Å². The van der Waals surface area contributed by atoms with E-state index in [0.29, 0.717) is 12.0 Å². The number of hydrogen-bond acceptors (Lipinski definition) is 3. The van der Waals surface area contributed by atoms with Gasteiger partial charge >= 0.3 is 0 Å². The smallest absolute Gasteiger partial charge is 0.251 e. The summed E-state index contributed by atoms with van der Waals surface area (Å²) in [7, 11) is 0. The molecule has 24 heavy (non-hydrogen) atoms. The maximum absolute atomic E-state index is 11.9. The maximum atomic E-state index is 11.9. The topological polar surface area (TPSA) is 70.2 Å². The second kappa shape index (κ2) is 10.8. The second-order valence-electron chi connectivity index (χ2n) is 6.02. The van der Waals surface area contributed by atoms with Gasteiger partial charge in [-0.05, 0) is 56.8 Å². The molecule has 6 heteroatoms. The summed E-state index contributed by atoms with van der Waals surface area (Å²) in [6.07, 6.45) is 4.71. The van der Waals surface area contributed by atoms with Crippen LogP contribution in [-0.2, 0) is 4.79 Å². The van der Waals surface area contributed by atoms with Crippen molar-refractivity contribution in [2.24, 2.45) is 0 Å². The zero-order chi connectivity index (χ0) is 17.9. The van der Waals surface area contributed by atoms with Crippen LogP contribution in [0.4, 0.5) is 5.69 Å². The lowest BCUT2D eigenvalue weighted by Gasteiger charge is -2.11. The third-order valence-corrected chi connectivity index (χ3v) is 3.54. The summed E-state index contributed by atoms with van der Waals surface area (Å²) in [6, 6.07) is 7.05. The van der Waals surface area contributed by atoms with Crippen molar-refractivity contribution in [1.82, 2.24) is 10.6 Å². The first-order valence-corrected chi connectivity index (χ1v) is 8.85. The molecular formula is C18H27N3O2S. The van der Waals surface area contributed by atoms with Crippen molar-refractivity contribution in [3.05, 3.63) is 29.8 Å². The fraction of sp³-hybridized carbons (Fsp3) is 0.500. The molecule has 0 heterocycles. The highest BCUT2D eigenvalue weighted by Crippen LogP contribution is 2.10. The Morgan fingerprint density at radius 2 is 1.75 bits per heavy atom. The van der Waals surface area contributed by atoms with Gasteiger partial charge in [-0.25, -0.2) is 0 Å². The third-order valence-electron chi connectivity index (χ3n) is 3.34. The molecule has 1 aromatic rings. The number of unbranched alkanes of at least 4 members (excludes halogenated alkanes) is 3. The summed E-state index contributed by atoms with van der Waals surface area (Å²) in [5, 5.41) is 8.72. The highest BCUT2D eigenvalue weighted by Gasteiger charge is 2.08. The van der Waals surface area contributed by atoms with Crippen LogP contribution in [0.3, 0.4) is 0 Å². The van der Waals surface area contributed by atoms with Crippen LogP contribution in [0.5, 0.6) is 0 Å². The number of rotatable bonds is 8. The van der Waals surface area contributed by atoms with Gasteiger partial charge in [-0.2, -0.15) is 0 Å². The third kappa shape index (κ3) is 8.06. The molecule has 0 radical (unpaired) electrons. The Morgan fingerprint density at radius 3 is 2.33 bits per heavy atom. The lowest BCUT2D eigenvalue weighted by molar-refractivity contribution is -0.119. The largest absolute Gasteiger partial charge is 0.350 e. The summed E-state index contributed by atoms with van der Waals surface area (Å²) in [6.45, 7) is 5.96. The van der Waals surface area contributed by atoms with Gasteiger partial charge in [0.1, 0.15) is 0 Å². The minimum absolute atomic E-state index is 0.0727. The lowest BCUT2D eigenvalue weighted by atomic mass is 10.1. The van der Waals surface area contributed by atoms with E-state index in [0.717, 1.165) is 31.4 Å². The van der Waals surface area contributed by atoms with Crippen molar-refractivity contribution in [3.63, 3.8) is 0 Å². The van der Waals surface area contributed by atoms with Gasteiger partial charge in [0.15, 0.2) is 5.11 Å². The van der Waals surface area contributed by atoms with E-state index in [4.69, 9.17) is 12.2 Å². The number of carbonyl (C=O) groups is 2. The Morgan fingerprint density at radius 1 is 1.08 bits per heavy atom. The van der Waals surface area contributed by atoms with Crippen molar-refractivity contribution in [3.8, 4) is 0 Å². The van der Waals surface area contributed by atoms with E-state index in [1.165, 1.54) is 0 Å². The van der Waals surface area contributed by atoms with E-state index in [1.54, 1.807) is 24.3 Å². The first kappa shape index (κ1) is 20.1. The van der Waals surface area contributed by atoms with E-state index >= 15 is 0 Å². The molecule has 0 atom stereocenters. The highest BCUT2D eigenvalue weighted by atomic mass is 32.1. The molecule has 0 fully saturated rings. The number of thiocarbonyl (C=S) groups is 1. The van der Waals surface area contributed by atoms with E-state index in [1.807, 2.05) is 13.8 Å². The summed E-state index contributed by atoms with van der Waals surface area (Å²) in [5.74, 6) is -0.184. The number of hydrogen-bond donors (Lipinski definition) is 3. The number of amides is 2. The summed E-state index contributed by atoms with van der Waals surface area (Å²) >= 11 is 5.13. The minimum Gasteiger partial charge on any atom is -0.350 e. The summed E-state index contributed by atoms with van der Waals surface area (Å²) < 4.78 is 0. The van der Waals surface area contributed by atoms with Crippen molar-refractivity contribution in [2.75, 3.05) is 5.32 Å². The Hall–Kier alpha value is -1.95. The van der Waals surface area contributed by atoms with Crippen LogP contribution in [0.1, 0.15) is 63.2 Å². The molecule has 0 saturated carbocycles. The van der Waals surface area contributed by atoms with E-state index in [-0.39, 0.29) is 23.0 Å². The molecule has 0 aliphatic carbocycles. The molecule has 5 nitrogen and oxygen atoms in total. The molecule has 0 aromatic heterocycles. The summed E-state index contributed by atoms with van der Waals surface area (Å²) in [5.41, 5.74) is 1.31. The summed E-state index contributed by atoms with van der Waals surface area (Å²) in [4.78, 5) is 23.6. The number of carbonyl (C=O) groups excluding carboxylic acids is 2. The normalized spacial score (nSPS) is 10.3. The molecule has 0 aliphatic heterocycles. The van der Waals surface area contributed by atoms with Crippen molar-refractivity contribution in [2.45, 2.75) is 58.9 Å². The number of anilines is 1. The van der Waals surface area contributed by atoms with Crippen LogP contribution < -0.4 is 16.0 Å². The monoisotopic (exact) mass is 349 g/mol. The predicted molar refractivity (Wildman–Crippen MR) is 102 cm³/mol. The molecule has 1 rings (SSSR count). The number of nitrogens with one attached hydrogen (secondary N) is 3. The fourth-order valence-corrected chi connectivity index (χ4v) is 2.35. The zero-order valence-corrected chi connectivity index (χ0v) is 15.5. The second-order valence-corrected chi connectivity index (χ2v) is 6.43. The van der Waals surface area contributed by atoms with Crippen LogP contribution in [0, 0.1) is 0 Å². The molecule has 0 spiro atoms. The molecule has 0 unspecified atom stereocenters. The Kier molecular flexibility index (Phi) is 9.01. The van der Waals surface area contributed by atoms with Gasteiger partial charge in [-0.1, -0.05) is 26.2 Å². The van der Waals surface area contributed by atoms with Gasteiger partial charge in [0, 0.05) is 23.7 Å². The van der Waals surface area contributed by atoms with Gasteiger partial charge in [0.05, 0.1) is 0 Å². The van der Waals surface area contributed by atoms with Gasteiger partial charge in [0.2, 0.25) is 5.91 Å². The van der Waals surface area contributed by atoms with Crippen LogP contribution in [0.15, 0.2) is 24.3 Å². The molecule has 3 N–H and O–H groups in total. The Labute approximate surface area is 149 Å². The van der Waals surface area contributed by atoms with Gasteiger partial charge in [0.25, 0.3) is 5.91 Å². The van der Waals surface area contributed by atoms with E-state index < -0.39 is 0 Å². The van der Waals surface area contributed by atoms with Crippen LogP contribution >= 0.6 is 12.2 Å². The molecule has 0 saturated heterocycles. The first-order chi connectivity index (χ1) is 11.4. The zero-order valence-electron chi connectivity index (χ0n) is 14.6. The molecule has 132 valence electrons. The molecule has 2 amide bonds. The van der Waals surface area contributed by atoms with E-state index in [2.05, 4.69) is 22.9 Å². The Bertz CT molecular complexity index is 556. The SMILES string of the molecule is CCCCCCC(=O)NC(=S)Nc1ccc(C(=O)NC(C)C)cc1. The van der Waals surface area contributed by atoms with Crippen LogP contribution in [-0.4, -0.2) is 23.0 Å². The van der Waals surface area contributed by atoms with Crippen molar-refractivity contribution in [1.29, 1.82) is 0 Å². The standard InChI is InChI=1S/C18H27N3O2S/c1-4-5-6-7-8-16(22)21-18(24)20-15-11-9-14(10-12-15)17(23)19-13(2)3/h9-13H,4-8H2,1-3H3,(H,19,23)(H2,20,21,22,24). The van der Waals surface area contributed by atoms with Gasteiger partial charge in [-0.3, -0.25) is 9.59 Å². The molecular weight excluding hydrogens is 322 g/mol. The molecule has 0 bridgehead atoms. The fourth-order valence-electron chi connectivity index (χ4n) is 2.11. The first-order valence-electron chi connectivity index (χ1n) is 8.44. The molecule has 0 aliphatic rings. The van der Waals surface area contributed by atoms with Gasteiger partial charge in [-0.15, -0.1) is 0 Å². The molecule has 1 aromatic carbocycles.